The van der Waals surface area contributed by atoms with Crippen molar-refractivity contribution in [2.75, 3.05) is 0 Å². The zero-order valence-corrected chi connectivity index (χ0v) is 10.6. The molecular formula is C14H24O3. The molecule has 2 rings (SSSR count). The Morgan fingerprint density at radius 1 is 1.06 bits per heavy atom. The van der Waals surface area contributed by atoms with E-state index in [0.717, 1.165) is 38.5 Å². The largest absolute Gasteiger partial charge is 0.462 e. The Morgan fingerprint density at radius 3 is 2.29 bits per heavy atom. The quantitative estimate of drug-likeness (QED) is 0.771. The monoisotopic (exact) mass is 240 g/mol. The minimum absolute atomic E-state index is 0.114. The van der Waals surface area contributed by atoms with Crippen molar-refractivity contribution in [3.63, 3.8) is 0 Å². The molecule has 3 nitrogen and oxygen atoms in total. The lowest BCUT2D eigenvalue weighted by molar-refractivity contribution is -0.157. The first-order chi connectivity index (χ1) is 8.18. The van der Waals surface area contributed by atoms with Gasteiger partial charge in [0.05, 0.1) is 12.0 Å². The van der Waals surface area contributed by atoms with Crippen molar-refractivity contribution >= 4 is 5.97 Å². The van der Waals surface area contributed by atoms with Gasteiger partial charge in [-0.3, -0.25) is 4.79 Å². The molecule has 1 N–H and O–H groups in total. The van der Waals surface area contributed by atoms with Crippen LogP contribution in [0.2, 0.25) is 0 Å². The van der Waals surface area contributed by atoms with Crippen molar-refractivity contribution in [1.82, 2.24) is 0 Å². The zero-order valence-electron chi connectivity index (χ0n) is 10.6. The summed E-state index contributed by atoms with van der Waals surface area (Å²) >= 11 is 0. The number of ether oxygens (including phenoxy) is 1. The van der Waals surface area contributed by atoms with E-state index in [9.17, 15) is 9.90 Å². The normalized spacial score (nSPS) is 25.5. The van der Waals surface area contributed by atoms with Gasteiger partial charge < -0.3 is 9.84 Å². The molecule has 0 radical (unpaired) electrons. The number of carbonyl (C=O) groups excluding carboxylic acids is 1. The van der Waals surface area contributed by atoms with E-state index in [4.69, 9.17) is 4.74 Å². The maximum absolute atomic E-state index is 11.8. The maximum atomic E-state index is 11.8. The third kappa shape index (κ3) is 3.98. The van der Waals surface area contributed by atoms with Gasteiger partial charge in [-0.2, -0.15) is 0 Å². The van der Waals surface area contributed by atoms with Crippen LogP contribution in [0, 0.1) is 0 Å². The fourth-order valence-electron chi connectivity index (χ4n) is 3.07. The van der Waals surface area contributed by atoms with Gasteiger partial charge in [0.2, 0.25) is 0 Å². The second-order valence-electron chi connectivity index (χ2n) is 5.71. The molecule has 0 aromatic carbocycles. The molecule has 0 aromatic rings. The summed E-state index contributed by atoms with van der Waals surface area (Å²) in [6, 6.07) is 0. The van der Waals surface area contributed by atoms with Crippen LogP contribution in [0.4, 0.5) is 0 Å². The highest BCUT2D eigenvalue weighted by atomic mass is 16.5. The maximum Gasteiger partial charge on any atom is 0.308 e. The Balaban J connectivity index is 1.75. The van der Waals surface area contributed by atoms with Crippen molar-refractivity contribution in [2.45, 2.75) is 82.3 Å². The molecule has 0 saturated heterocycles. The van der Waals surface area contributed by atoms with Gasteiger partial charge in [-0.25, -0.2) is 0 Å². The molecule has 2 fully saturated rings. The first-order valence-corrected chi connectivity index (χ1v) is 7.10. The fourth-order valence-corrected chi connectivity index (χ4v) is 3.07. The van der Waals surface area contributed by atoms with Gasteiger partial charge >= 0.3 is 5.97 Å². The number of hydrogen-bond acceptors (Lipinski definition) is 3. The highest BCUT2D eigenvalue weighted by Gasteiger charge is 2.33. The topological polar surface area (TPSA) is 46.5 Å². The van der Waals surface area contributed by atoms with Gasteiger partial charge in [0.25, 0.3) is 0 Å². The molecule has 0 bridgehead atoms. The SMILES string of the molecule is O=C(CC1(O)CCCCC1)OC1CCCCC1. The number of esters is 1. The van der Waals surface area contributed by atoms with E-state index < -0.39 is 5.60 Å². The summed E-state index contributed by atoms with van der Waals surface area (Å²) in [6.45, 7) is 0. The average Bonchev–Trinajstić information content (AvgIpc) is 2.30. The van der Waals surface area contributed by atoms with E-state index in [2.05, 4.69) is 0 Å². The lowest BCUT2D eigenvalue weighted by atomic mass is 9.82. The Hall–Kier alpha value is -0.570. The van der Waals surface area contributed by atoms with Crippen LogP contribution in [-0.4, -0.2) is 22.8 Å². The smallest absolute Gasteiger partial charge is 0.308 e. The summed E-state index contributed by atoms with van der Waals surface area (Å²) in [6.07, 6.45) is 10.7. The molecule has 2 saturated carbocycles. The van der Waals surface area contributed by atoms with Crippen LogP contribution in [0.25, 0.3) is 0 Å². The lowest BCUT2D eigenvalue weighted by Crippen LogP contribution is -2.35. The Labute approximate surface area is 104 Å². The first-order valence-electron chi connectivity index (χ1n) is 7.10. The van der Waals surface area contributed by atoms with Crippen LogP contribution in [-0.2, 0) is 9.53 Å². The van der Waals surface area contributed by atoms with E-state index in [1.807, 2.05) is 0 Å². The van der Waals surface area contributed by atoms with Gasteiger partial charge in [0.1, 0.15) is 6.10 Å². The summed E-state index contributed by atoms with van der Waals surface area (Å²) in [5.74, 6) is -0.193. The molecule has 0 aliphatic heterocycles. The molecular weight excluding hydrogens is 216 g/mol. The average molecular weight is 240 g/mol. The molecule has 2 aliphatic rings. The third-order valence-corrected chi connectivity index (χ3v) is 4.11. The summed E-state index contributed by atoms with van der Waals surface area (Å²) in [5.41, 5.74) is -0.774. The van der Waals surface area contributed by atoms with Crippen LogP contribution >= 0.6 is 0 Å². The van der Waals surface area contributed by atoms with Gasteiger partial charge in [-0.05, 0) is 38.5 Å². The molecule has 0 unspecified atom stereocenters. The van der Waals surface area contributed by atoms with Crippen molar-refractivity contribution < 1.29 is 14.6 Å². The molecule has 17 heavy (non-hydrogen) atoms. The minimum atomic E-state index is -0.774. The van der Waals surface area contributed by atoms with Crippen LogP contribution < -0.4 is 0 Å². The van der Waals surface area contributed by atoms with Crippen LogP contribution in [0.5, 0.6) is 0 Å². The zero-order chi connectivity index (χ0) is 12.1. The molecule has 0 amide bonds. The van der Waals surface area contributed by atoms with Crippen LogP contribution in [0.1, 0.15) is 70.6 Å². The van der Waals surface area contributed by atoms with E-state index in [0.29, 0.717) is 0 Å². The third-order valence-electron chi connectivity index (χ3n) is 4.11. The fraction of sp³-hybridized carbons (Fsp3) is 0.929. The molecule has 0 heterocycles. The van der Waals surface area contributed by atoms with Crippen molar-refractivity contribution in [3.8, 4) is 0 Å². The number of carbonyl (C=O) groups is 1. The highest BCUT2D eigenvalue weighted by Crippen LogP contribution is 2.31. The van der Waals surface area contributed by atoms with Crippen molar-refractivity contribution in [3.05, 3.63) is 0 Å². The summed E-state index contributed by atoms with van der Waals surface area (Å²) in [7, 11) is 0. The number of hydrogen-bond donors (Lipinski definition) is 1. The second-order valence-corrected chi connectivity index (χ2v) is 5.71. The standard InChI is InChI=1S/C14H24O3/c15-13(17-12-7-3-1-4-8-12)11-14(16)9-5-2-6-10-14/h12,16H,1-11H2. The van der Waals surface area contributed by atoms with E-state index >= 15 is 0 Å². The van der Waals surface area contributed by atoms with Crippen molar-refractivity contribution in [2.24, 2.45) is 0 Å². The van der Waals surface area contributed by atoms with E-state index in [1.165, 1.54) is 25.7 Å². The summed E-state index contributed by atoms with van der Waals surface area (Å²) in [4.78, 5) is 11.8. The van der Waals surface area contributed by atoms with E-state index in [-0.39, 0.29) is 18.5 Å². The molecule has 2 aliphatic carbocycles. The highest BCUT2D eigenvalue weighted by molar-refractivity contribution is 5.70. The number of aliphatic hydroxyl groups is 1. The Kier molecular flexibility index (Phi) is 4.43. The second kappa shape index (κ2) is 5.85. The summed E-state index contributed by atoms with van der Waals surface area (Å²) in [5, 5.41) is 10.3. The van der Waals surface area contributed by atoms with Crippen LogP contribution in [0.3, 0.4) is 0 Å². The molecule has 98 valence electrons. The van der Waals surface area contributed by atoms with E-state index in [1.54, 1.807) is 0 Å². The van der Waals surface area contributed by atoms with Gasteiger partial charge in [-0.1, -0.05) is 25.7 Å². The molecule has 3 heteroatoms. The minimum Gasteiger partial charge on any atom is -0.462 e. The van der Waals surface area contributed by atoms with Crippen molar-refractivity contribution in [1.29, 1.82) is 0 Å². The van der Waals surface area contributed by atoms with Crippen LogP contribution in [0.15, 0.2) is 0 Å². The molecule has 0 spiro atoms. The lowest BCUT2D eigenvalue weighted by Gasteiger charge is -2.32. The van der Waals surface area contributed by atoms with Gasteiger partial charge in [0.15, 0.2) is 0 Å². The molecule has 0 aromatic heterocycles. The predicted molar refractivity (Wildman–Crippen MR) is 65.6 cm³/mol. The predicted octanol–water partition coefficient (Wildman–Crippen LogP) is 2.95. The molecule has 0 atom stereocenters. The van der Waals surface area contributed by atoms with Gasteiger partial charge in [0, 0.05) is 0 Å². The Bertz CT molecular complexity index is 250. The summed E-state index contributed by atoms with van der Waals surface area (Å²) < 4.78 is 5.46. The van der Waals surface area contributed by atoms with Gasteiger partial charge in [-0.15, -0.1) is 0 Å². The Morgan fingerprint density at radius 2 is 1.65 bits per heavy atom. The first kappa shape index (κ1) is 12.9. The number of rotatable bonds is 3.